The highest BCUT2D eigenvalue weighted by Gasteiger charge is 2.16. The molecule has 2 atom stereocenters. The molecule has 2 aliphatic rings. The second kappa shape index (κ2) is 7.48. The van der Waals surface area contributed by atoms with E-state index < -0.39 is 0 Å². The molecule has 0 aliphatic carbocycles. The zero-order valence-corrected chi connectivity index (χ0v) is 17.7. The van der Waals surface area contributed by atoms with Crippen LogP contribution in [0.5, 0.6) is 0 Å². The lowest BCUT2D eigenvalue weighted by molar-refractivity contribution is 0.726. The van der Waals surface area contributed by atoms with Crippen molar-refractivity contribution in [2.75, 3.05) is 13.1 Å². The van der Waals surface area contributed by atoms with Gasteiger partial charge in [0.25, 0.3) is 0 Å². The van der Waals surface area contributed by atoms with E-state index in [1.807, 2.05) is 0 Å². The zero-order valence-electron chi connectivity index (χ0n) is 17.7. The second-order valence-electron chi connectivity index (χ2n) is 8.29. The Hall–Kier alpha value is -3.34. The van der Waals surface area contributed by atoms with Crippen LogP contribution < -0.4 is 10.6 Å². The Kier molecular flexibility index (Phi) is 4.66. The van der Waals surface area contributed by atoms with Gasteiger partial charge in [-0.2, -0.15) is 0 Å². The Labute approximate surface area is 177 Å². The highest BCUT2D eigenvalue weighted by atomic mass is 15.1. The first-order valence-corrected chi connectivity index (χ1v) is 10.6. The molecule has 2 N–H and O–H groups in total. The van der Waals surface area contributed by atoms with Crippen LogP contribution in [0, 0.1) is 0 Å². The molecule has 2 unspecified atom stereocenters. The van der Waals surface area contributed by atoms with Crippen LogP contribution in [0.15, 0.2) is 70.6 Å². The largest absolute Gasteiger partial charge is 0.366 e. The maximum atomic E-state index is 4.58. The van der Waals surface area contributed by atoms with Crippen molar-refractivity contribution in [2.45, 2.75) is 25.9 Å². The molecule has 3 aromatic rings. The summed E-state index contributed by atoms with van der Waals surface area (Å²) in [7, 11) is 2.13. The first-order chi connectivity index (χ1) is 14.6. The van der Waals surface area contributed by atoms with Crippen LogP contribution in [0.25, 0.3) is 22.5 Å². The summed E-state index contributed by atoms with van der Waals surface area (Å²) in [6.45, 7) is 6.00. The van der Waals surface area contributed by atoms with E-state index in [9.17, 15) is 0 Å². The highest BCUT2D eigenvalue weighted by Crippen LogP contribution is 2.28. The van der Waals surface area contributed by atoms with Gasteiger partial charge in [0.2, 0.25) is 0 Å². The number of hydrogen-bond acceptors (Lipinski definition) is 4. The molecule has 30 heavy (non-hydrogen) atoms. The van der Waals surface area contributed by atoms with Gasteiger partial charge in [-0.25, -0.2) is 0 Å². The summed E-state index contributed by atoms with van der Waals surface area (Å²) in [4.78, 5) is 9.16. The third kappa shape index (κ3) is 3.41. The molecule has 0 saturated heterocycles. The summed E-state index contributed by atoms with van der Waals surface area (Å²) < 4.78 is 2.25. The highest BCUT2D eigenvalue weighted by molar-refractivity contribution is 6.01. The van der Waals surface area contributed by atoms with Crippen molar-refractivity contribution >= 4 is 11.7 Å². The van der Waals surface area contributed by atoms with Gasteiger partial charge in [0.05, 0.1) is 13.1 Å². The Morgan fingerprint density at radius 2 is 1.00 bits per heavy atom. The van der Waals surface area contributed by atoms with Gasteiger partial charge in [0.1, 0.15) is 11.7 Å². The Balaban J connectivity index is 1.38. The number of rotatable bonds is 4. The average Bonchev–Trinajstić information content (AvgIpc) is 3.49. The van der Waals surface area contributed by atoms with Crippen LogP contribution in [0.3, 0.4) is 0 Å². The summed E-state index contributed by atoms with van der Waals surface area (Å²) in [5.74, 6) is 2.00. The molecular formula is C25H27N5. The second-order valence-corrected chi connectivity index (χ2v) is 8.29. The average molecular weight is 398 g/mol. The first-order valence-electron chi connectivity index (χ1n) is 10.6. The fourth-order valence-electron chi connectivity index (χ4n) is 4.14. The fourth-order valence-corrected chi connectivity index (χ4v) is 4.14. The summed E-state index contributed by atoms with van der Waals surface area (Å²) >= 11 is 0. The molecule has 0 fully saturated rings. The minimum atomic E-state index is 0.418. The van der Waals surface area contributed by atoms with E-state index in [1.54, 1.807) is 0 Å². The van der Waals surface area contributed by atoms with Gasteiger partial charge in [-0.15, -0.1) is 0 Å². The lowest BCUT2D eigenvalue weighted by Gasteiger charge is -2.11. The molecule has 2 aromatic carbocycles. The monoisotopic (exact) mass is 397 g/mol. The van der Waals surface area contributed by atoms with Crippen molar-refractivity contribution in [3.05, 3.63) is 71.8 Å². The van der Waals surface area contributed by atoms with Crippen molar-refractivity contribution in [1.29, 1.82) is 0 Å². The van der Waals surface area contributed by atoms with E-state index in [2.05, 4.69) is 107 Å². The molecule has 5 nitrogen and oxygen atoms in total. The first kappa shape index (κ1) is 18.7. The summed E-state index contributed by atoms with van der Waals surface area (Å²) in [5.41, 5.74) is 7.09. The molecule has 0 radical (unpaired) electrons. The van der Waals surface area contributed by atoms with Gasteiger partial charge in [-0.05, 0) is 37.1 Å². The predicted octanol–water partition coefficient (Wildman–Crippen LogP) is 3.84. The standard InChI is InChI=1S/C25H27N5/c1-16-14-26-24(28-16)20-8-4-18(5-9-20)22-12-13-23(30(22)3)19-6-10-21(11-7-19)25-27-15-17(2)29-25/h4-13,16-17H,14-15H2,1-3H3,(H,26,28)(H,27,29). The summed E-state index contributed by atoms with van der Waals surface area (Å²) in [6.07, 6.45) is 0. The van der Waals surface area contributed by atoms with Crippen LogP contribution in [-0.2, 0) is 7.05 Å². The molecule has 0 spiro atoms. The van der Waals surface area contributed by atoms with Crippen LogP contribution in [0.2, 0.25) is 0 Å². The molecule has 5 heteroatoms. The van der Waals surface area contributed by atoms with Gasteiger partial charge < -0.3 is 15.2 Å². The van der Waals surface area contributed by atoms with E-state index in [1.165, 1.54) is 22.5 Å². The number of benzene rings is 2. The number of aliphatic imine (C=N–C) groups is 2. The number of aromatic nitrogens is 1. The molecule has 0 bridgehead atoms. The third-order valence-electron chi connectivity index (χ3n) is 5.84. The van der Waals surface area contributed by atoms with Gasteiger partial charge in [-0.1, -0.05) is 48.5 Å². The van der Waals surface area contributed by atoms with Crippen LogP contribution >= 0.6 is 0 Å². The zero-order chi connectivity index (χ0) is 20.7. The Morgan fingerprint density at radius 3 is 1.33 bits per heavy atom. The maximum absolute atomic E-state index is 4.58. The SMILES string of the molecule is CC1CN=C(c2ccc(-c3ccc(-c4ccc(C5=NCC(C)N5)cc4)n3C)cc2)N1. The molecule has 5 rings (SSSR count). The van der Waals surface area contributed by atoms with Crippen molar-refractivity contribution in [3.63, 3.8) is 0 Å². The van der Waals surface area contributed by atoms with E-state index >= 15 is 0 Å². The maximum Gasteiger partial charge on any atom is 0.128 e. The van der Waals surface area contributed by atoms with Crippen LogP contribution in [0.4, 0.5) is 0 Å². The molecular weight excluding hydrogens is 370 g/mol. The number of nitrogens with one attached hydrogen (secondary N) is 2. The smallest absolute Gasteiger partial charge is 0.128 e. The van der Waals surface area contributed by atoms with Gasteiger partial charge in [0.15, 0.2) is 0 Å². The normalized spacial score (nSPS) is 20.5. The van der Waals surface area contributed by atoms with Crippen molar-refractivity contribution in [1.82, 2.24) is 15.2 Å². The minimum absolute atomic E-state index is 0.418. The van der Waals surface area contributed by atoms with Crippen molar-refractivity contribution < 1.29 is 0 Å². The van der Waals surface area contributed by atoms with Gasteiger partial charge in [-0.3, -0.25) is 9.98 Å². The quantitative estimate of drug-likeness (QED) is 0.703. The minimum Gasteiger partial charge on any atom is -0.366 e. The van der Waals surface area contributed by atoms with E-state index in [0.717, 1.165) is 35.9 Å². The number of hydrogen-bond donors (Lipinski definition) is 2. The van der Waals surface area contributed by atoms with Crippen molar-refractivity contribution in [3.8, 4) is 22.5 Å². The fraction of sp³-hybridized carbons (Fsp3) is 0.280. The van der Waals surface area contributed by atoms with Gasteiger partial charge in [0, 0.05) is 41.6 Å². The topological polar surface area (TPSA) is 53.7 Å². The Bertz CT molecular complexity index is 1030. The lowest BCUT2D eigenvalue weighted by atomic mass is 10.1. The van der Waals surface area contributed by atoms with E-state index in [-0.39, 0.29) is 0 Å². The third-order valence-corrected chi connectivity index (χ3v) is 5.84. The Morgan fingerprint density at radius 1 is 0.633 bits per heavy atom. The number of amidine groups is 2. The molecule has 0 amide bonds. The van der Waals surface area contributed by atoms with E-state index in [4.69, 9.17) is 0 Å². The van der Waals surface area contributed by atoms with Crippen LogP contribution in [0.1, 0.15) is 25.0 Å². The van der Waals surface area contributed by atoms with Gasteiger partial charge >= 0.3 is 0 Å². The van der Waals surface area contributed by atoms with Crippen molar-refractivity contribution in [2.24, 2.45) is 17.0 Å². The lowest BCUT2D eigenvalue weighted by Crippen LogP contribution is -2.27. The van der Waals surface area contributed by atoms with E-state index in [0.29, 0.717) is 12.1 Å². The molecule has 2 aliphatic heterocycles. The summed E-state index contributed by atoms with van der Waals surface area (Å²) in [6, 6.07) is 22.5. The number of nitrogens with zero attached hydrogens (tertiary/aromatic N) is 3. The molecule has 3 heterocycles. The van der Waals surface area contributed by atoms with Crippen LogP contribution in [-0.4, -0.2) is 41.4 Å². The summed E-state index contributed by atoms with van der Waals surface area (Å²) in [5, 5.41) is 6.85. The molecule has 0 saturated carbocycles. The molecule has 152 valence electrons. The predicted molar refractivity (Wildman–Crippen MR) is 124 cm³/mol. The molecule has 1 aromatic heterocycles.